The predicted octanol–water partition coefficient (Wildman–Crippen LogP) is 0.602. The van der Waals surface area contributed by atoms with Crippen molar-refractivity contribution in [3.63, 3.8) is 0 Å². The molecule has 0 saturated carbocycles. The van der Waals surface area contributed by atoms with Crippen LogP contribution >= 0.6 is 0 Å². The molecule has 4 heteroatoms. The Labute approximate surface area is 104 Å². The zero-order valence-electron chi connectivity index (χ0n) is 11.0. The number of nitrogens with zero attached hydrogens (tertiary/aromatic N) is 1. The van der Waals surface area contributed by atoms with Gasteiger partial charge in [-0.2, -0.15) is 0 Å². The van der Waals surface area contributed by atoms with E-state index in [1.54, 1.807) is 0 Å². The van der Waals surface area contributed by atoms with Gasteiger partial charge in [0, 0.05) is 26.2 Å². The van der Waals surface area contributed by atoms with E-state index >= 15 is 0 Å². The molecule has 1 unspecified atom stereocenters. The number of rotatable bonds is 3. The van der Waals surface area contributed by atoms with Gasteiger partial charge < -0.3 is 15.2 Å². The summed E-state index contributed by atoms with van der Waals surface area (Å²) in [5.41, 5.74) is -0.478. The van der Waals surface area contributed by atoms with Crippen molar-refractivity contribution in [3.05, 3.63) is 0 Å². The molecule has 0 aromatic carbocycles. The van der Waals surface area contributed by atoms with E-state index in [1.165, 1.54) is 0 Å². The lowest BCUT2D eigenvalue weighted by Gasteiger charge is -2.37. The zero-order chi connectivity index (χ0) is 12.1. The van der Waals surface area contributed by atoms with Crippen molar-refractivity contribution in [2.75, 3.05) is 39.3 Å². The highest BCUT2D eigenvalue weighted by atomic mass is 16.5. The van der Waals surface area contributed by atoms with Gasteiger partial charge in [-0.3, -0.25) is 4.90 Å². The highest BCUT2D eigenvalue weighted by Gasteiger charge is 2.32. The number of ether oxygens (including phenoxy) is 1. The molecule has 2 N–H and O–H groups in total. The van der Waals surface area contributed by atoms with Gasteiger partial charge in [0.15, 0.2) is 0 Å². The quantitative estimate of drug-likeness (QED) is 0.761. The van der Waals surface area contributed by atoms with Crippen LogP contribution in [-0.2, 0) is 4.74 Å². The number of aliphatic hydroxyl groups is 1. The Kier molecular flexibility index (Phi) is 4.79. The lowest BCUT2D eigenvalue weighted by Crippen LogP contribution is -2.50. The lowest BCUT2D eigenvalue weighted by molar-refractivity contribution is -0.0273. The van der Waals surface area contributed by atoms with E-state index in [1.807, 2.05) is 0 Å². The van der Waals surface area contributed by atoms with Gasteiger partial charge in [-0.1, -0.05) is 6.92 Å². The van der Waals surface area contributed by atoms with Crippen LogP contribution in [0, 0.1) is 0 Å². The van der Waals surface area contributed by atoms with Gasteiger partial charge in [0.05, 0.1) is 11.7 Å². The van der Waals surface area contributed by atoms with Crippen LogP contribution in [0.5, 0.6) is 0 Å². The molecule has 2 aliphatic heterocycles. The van der Waals surface area contributed by atoms with Gasteiger partial charge in [0.2, 0.25) is 0 Å². The van der Waals surface area contributed by atoms with Crippen LogP contribution in [0.3, 0.4) is 0 Å². The first kappa shape index (κ1) is 13.3. The Bertz CT molecular complexity index is 229. The van der Waals surface area contributed by atoms with Gasteiger partial charge in [-0.15, -0.1) is 0 Å². The molecular formula is C13H26N2O2. The Morgan fingerprint density at radius 3 is 2.88 bits per heavy atom. The van der Waals surface area contributed by atoms with Crippen molar-refractivity contribution in [1.29, 1.82) is 0 Å². The average Bonchev–Trinajstić information content (AvgIpc) is 2.54. The largest absolute Gasteiger partial charge is 0.388 e. The summed E-state index contributed by atoms with van der Waals surface area (Å²) in [7, 11) is 0. The Hall–Kier alpha value is -0.160. The minimum absolute atomic E-state index is 0.350. The van der Waals surface area contributed by atoms with E-state index in [-0.39, 0.29) is 0 Å². The summed E-state index contributed by atoms with van der Waals surface area (Å²) in [6.07, 6.45) is 4.26. The van der Waals surface area contributed by atoms with Gasteiger partial charge in [0.25, 0.3) is 0 Å². The maximum absolute atomic E-state index is 10.6. The van der Waals surface area contributed by atoms with E-state index in [0.29, 0.717) is 6.10 Å². The molecule has 0 amide bonds. The summed E-state index contributed by atoms with van der Waals surface area (Å²) >= 11 is 0. The average molecular weight is 242 g/mol. The van der Waals surface area contributed by atoms with Crippen LogP contribution in [0.4, 0.5) is 0 Å². The molecule has 0 radical (unpaired) electrons. The third kappa shape index (κ3) is 3.91. The van der Waals surface area contributed by atoms with Gasteiger partial charge in [-0.05, 0) is 38.8 Å². The highest BCUT2D eigenvalue weighted by Crippen LogP contribution is 2.21. The number of β-amino-alcohol motifs (C(OH)–C–C–N with tert-alkyl or cyclic N) is 1. The molecule has 0 aromatic heterocycles. The Balaban J connectivity index is 1.87. The third-order valence-corrected chi connectivity index (χ3v) is 3.94. The number of nitrogens with one attached hydrogen (secondary N) is 1. The summed E-state index contributed by atoms with van der Waals surface area (Å²) < 4.78 is 5.77. The van der Waals surface area contributed by atoms with Crippen molar-refractivity contribution < 1.29 is 9.84 Å². The summed E-state index contributed by atoms with van der Waals surface area (Å²) in [6, 6.07) is 0. The van der Waals surface area contributed by atoms with Crippen molar-refractivity contribution >= 4 is 0 Å². The van der Waals surface area contributed by atoms with Gasteiger partial charge in [-0.25, -0.2) is 0 Å². The summed E-state index contributed by atoms with van der Waals surface area (Å²) in [5.74, 6) is 0. The van der Waals surface area contributed by atoms with Crippen molar-refractivity contribution in [1.82, 2.24) is 10.2 Å². The van der Waals surface area contributed by atoms with E-state index in [9.17, 15) is 5.11 Å². The molecule has 2 saturated heterocycles. The number of hydrogen-bond donors (Lipinski definition) is 2. The van der Waals surface area contributed by atoms with Crippen LogP contribution in [0.2, 0.25) is 0 Å². The summed E-state index contributed by atoms with van der Waals surface area (Å²) in [4.78, 5) is 2.40. The van der Waals surface area contributed by atoms with Gasteiger partial charge in [0.1, 0.15) is 0 Å². The molecule has 0 bridgehead atoms. The SMILES string of the molecule is CCC1CN(CC2(O)CCNCC2)CCCO1. The summed E-state index contributed by atoms with van der Waals surface area (Å²) in [6.45, 7) is 7.78. The molecule has 0 spiro atoms. The maximum Gasteiger partial charge on any atom is 0.0798 e. The standard InChI is InChI=1S/C13H26N2O2/c1-2-12-10-15(8-3-9-17-12)11-13(16)4-6-14-7-5-13/h12,14,16H,2-11H2,1H3. The molecule has 2 rings (SSSR count). The first-order valence-corrected chi connectivity index (χ1v) is 6.99. The molecule has 0 aromatic rings. The fraction of sp³-hybridized carbons (Fsp3) is 1.00. The minimum Gasteiger partial charge on any atom is -0.388 e. The van der Waals surface area contributed by atoms with Crippen LogP contribution < -0.4 is 5.32 Å². The van der Waals surface area contributed by atoms with Crippen molar-refractivity contribution in [3.8, 4) is 0 Å². The fourth-order valence-electron chi connectivity index (χ4n) is 2.83. The van der Waals surface area contributed by atoms with Crippen molar-refractivity contribution in [2.24, 2.45) is 0 Å². The second-order valence-electron chi connectivity index (χ2n) is 5.46. The molecule has 2 fully saturated rings. The molecule has 17 heavy (non-hydrogen) atoms. The zero-order valence-corrected chi connectivity index (χ0v) is 11.0. The van der Waals surface area contributed by atoms with E-state index in [4.69, 9.17) is 4.74 Å². The van der Waals surface area contributed by atoms with E-state index < -0.39 is 5.60 Å². The van der Waals surface area contributed by atoms with Crippen LogP contribution in [-0.4, -0.2) is 61.0 Å². The normalized spacial score (nSPS) is 31.1. The first-order valence-electron chi connectivity index (χ1n) is 6.99. The Morgan fingerprint density at radius 1 is 1.41 bits per heavy atom. The molecule has 100 valence electrons. The van der Waals surface area contributed by atoms with E-state index in [0.717, 1.165) is 65.0 Å². The van der Waals surface area contributed by atoms with Crippen molar-refractivity contribution in [2.45, 2.75) is 44.3 Å². The van der Waals surface area contributed by atoms with Crippen LogP contribution in [0.1, 0.15) is 32.6 Å². The summed E-state index contributed by atoms with van der Waals surface area (Å²) in [5, 5.41) is 13.9. The lowest BCUT2D eigenvalue weighted by atomic mass is 9.91. The van der Waals surface area contributed by atoms with E-state index in [2.05, 4.69) is 17.1 Å². The minimum atomic E-state index is -0.478. The highest BCUT2D eigenvalue weighted by molar-refractivity contribution is 4.88. The second kappa shape index (κ2) is 6.14. The Morgan fingerprint density at radius 2 is 2.18 bits per heavy atom. The smallest absolute Gasteiger partial charge is 0.0798 e. The molecular weight excluding hydrogens is 216 g/mol. The molecule has 2 heterocycles. The first-order chi connectivity index (χ1) is 8.22. The molecule has 2 aliphatic rings. The number of piperidine rings is 1. The second-order valence-corrected chi connectivity index (χ2v) is 5.46. The van der Waals surface area contributed by atoms with Crippen LogP contribution in [0.15, 0.2) is 0 Å². The topological polar surface area (TPSA) is 44.7 Å². The van der Waals surface area contributed by atoms with Gasteiger partial charge >= 0.3 is 0 Å². The maximum atomic E-state index is 10.6. The number of hydrogen-bond acceptors (Lipinski definition) is 4. The fourth-order valence-corrected chi connectivity index (χ4v) is 2.83. The molecule has 4 nitrogen and oxygen atoms in total. The molecule has 0 aliphatic carbocycles. The monoisotopic (exact) mass is 242 g/mol. The molecule has 1 atom stereocenters. The third-order valence-electron chi connectivity index (χ3n) is 3.94. The predicted molar refractivity (Wildman–Crippen MR) is 68.1 cm³/mol. The van der Waals surface area contributed by atoms with Crippen LogP contribution in [0.25, 0.3) is 0 Å².